The molecule has 0 radical (unpaired) electrons. The average molecular weight is 285 g/mol. The van der Waals surface area contributed by atoms with Crippen LogP contribution in [0.1, 0.15) is 44.6 Å². The summed E-state index contributed by atoms with van der Waals surface area (Å²) in [7, 11) is 0. The third kappa shape index (κ3) is 2.77. The van der Waals surface area contributed by atoms with Crippen molar-refractivity contribution in [3.05, 3.63) is 23.8 Å². The van der Waals surface area contributed by atoms with Gasteiger partial charge in [0, 0.05) is 11.3 Å². The van der Waals surface area contributed by atoms with Gasteiger partial charge in [-0.1, -0.05) is 38.3 Å². The molecule has 5 nitrogen and oxygen atoms in total. The first kappa shape index (κ1) is 14.0. The molecule has 2 N–H and O–H groups in total. The second kappa shape index (κ2) is 5.47. The van der Waals surface area contributed by atoms with Crippen LogP contribution in [-0.4, -0.2) is 20.2 Å². The average Bonchev–Trinajstić information content (AvgIpc) is 2.90. The van der Waals surface area contributed by atoms with E-state index in [-0.39, 0.29) is 0 Å². The maximum absolute atomic E-state index is 6.20. The topological polar surface area (TPSA) is 69.6 Å². The van der Waals surface area contributed by atoms with Crippen molar-refractivity contribution in [1.29, 1.82) is 0 Å². The summed E-state index contributed by atoms with van der Waals surface area (Å²) < 4.78 is 1.93. The number of aromatic nitrogens is 4. The van der Waals surface area contributed by atoms with E-state index in [1.807, 2.05) is 29.8 Å². The van der Waals surface area contributed by atoms with Gasteiger partial charge in [-0.2, -0.15) is 0 Å². The third-order valence-corrected chi connectivity index (χ3v) is 4.69. The largest absolute Gasteiger partial charge is 0.398 e. The Morgan fingerprint density at radius 1 is 1.24 bits per heavy atom. The second-order valence-electron chi connectivity index (χ2n) is 6.57. The molecule has 1 fully saturated rings. The van der Waals surface area contributed by atoms with E-state index in [4.69, 9.17) is 5.73 Å². The van der Waals surface area contributed by atoms with Gasteiger partial charge < -0.3 is 5.73 Å². The van der Waals surface area contributed by atoms with Crippen LogP contribution in [0.2, 0.25) is 0 Å². The van der Waals surface area contributed by atoms with Crippen molar-refractivity contribution in [3.8, 4) is 11.4 Å². The van der Waals surface area contributed by atoms with Crippen molar-refractivity contribution >= 4 is 5.69 Å². The van der Waals surface area contributed by atoms with E-state index in [1.165, 1.54) is 32.1 Å². The fourth-order valence-electron chi connectivity index (χ4n) is 3.30. The summed E-state index contributed by atoms with van der Waals surface area (Å²) in [6, 6.07) is 6.01. The highest BCUT2D eigenvalue weighted by Crippen LogP contribution is 2.38. The van der Waals surface area contributed by atoms with Crippen molar-refractivity contribution in [2.45, 2.75) is 52.5 Å². The molecule has 21 heavy (non-hydrogen) atoms. The quantitative estimate of drug-likeness (QED) is 0.879. The molecule has 1 aliphatic carbocycles. The molecular formula is C16H23N5. The smallest absolute Gasteiger partial charge is 0.184 e. The molecule has 0 unspecified atom stereocenters. The fourth-order valence-corrected chi connectivity index (χ4v) is 3.30. The first-order valence-corrected chi connectivity index (χ1v) is 7.71. The molecule has 0 amide bonds. The number of benzene rings is 1. The molecule has 5 heteroatoms. The van der Waals surface area contributed by atoms with E-state index >= 15 is 0 Å². The zero-order chi connectivity index (χ0) is 14.9. The molecule has 0 bridgehead atoms. The standard InChI is InChI=1S/C16H23N5/c1-12-7-6-8-13(14(12)17)15-18-19-20-21(15)11-16(2)9-4-3-5-10-16/h6-8H,3-5,9-11,17H2,1-2H3. The van der Waals surface area contributed by atoms with Gasteiger partial charge in [0.1, 0.15) is 0 Å². The van der Waals surface area contributed by atoms with E-state index in [9.17, 15) is 0 Å². The van der Waals surface area contributed by atoms with E-state index in [2.05, 4.69) is 22.4 Å². The number of anilines is 1. The number of nitrogens with zero attached hydrogens (tertiary/aromatic N) is 4. The van der Waals surface area contributed by atoms with E-state index < -0.39 is 0 Å². The Labute approximate surface area is 125 Å². The van der Waals surface area contributed by atoms with Crippen molar-refractivity contribution in [2.24, 2.45) is 5.41 Å². The Morgan fingerprint density at radius 2 is 2.00 bits per heavy atom. The summed E-state index contributed by atoms with van der Waals surface area (Å²) in [5.41, 5.74) is 9.25. The number of hydrogen-bond acceptors (Lipinski definition) is 4. The summed E-state index contributed by atoms with van der Waals surface area (Å²) in [6.07, 6.45) is 6.45. The lowest BCUT2D eigenvalue weighted by Gasteiger charge is -2.33. The van der Waals surface area contributed by atoms with Crippen molar-refractivity contribution in [3.63, 3.8) is 0 Å². The predicted molar refractivity (Wildman–Crippen MR) is 83.6 cm³/mol. The van der Waals surface area contributed by atoms with Crippen LogP contribution in [0.5, 0.6) is 0 Å². The van der Waals surface area contributed by atoms with Crippen molar-refractivity contribution < 1.29 is 0 Å². The predicted octanol–water partition coefficient (Wildman–Crippen LogP) is 3.20. The molecule has 0 spiro atoms. The van der Waals surface area contributed by atoms with Gasteiger partial charge in [0.2, 0.25) is 0 Å². The lowest BCUT2D eigenvalue weighted by molar-refractivity contribution is 0.175. The minimum atomic E-state index is 0.293. The maximum Gasteiger partial charge on any atom is 0.184 e. The lowest BCUT2D eigenvalue weighted by Crippen LogP contribution is -2.27. The summed E-state index contributed by atoms with van der Waals surface area (Å²) in [4.78, 5) is 0. The zero-order valence-corrected chi connectivity index (χ0v) is 12.8. The summed E-state index contributed by atoms with van der Waals surface area (Å²) in [5.74, 6) is 0.781. The second-order valence-corrected chi connectivity index (χ2v) is 6.57. The van der Waals surface area contributed by atoms with E-state index in [0.717, 1.165) is 29.2 Å². The van der Waals surface area contributed by atoms with Gasteiger partial charge in [0.05, 0.1) is 6.54 Å². The van der Waals surface area contributed by atoms with Gasteiger partial charge in [-0.15, -0.1) is 5.10 Å². The summed E-state index contributed by atoms with van der Waals surface area (Å²) >= 11 is 0. The van der Waals surface area contributed by atoms with Crippen LogP contribution in [0.4, 0.5) is 5.69 Å². The molecule has 112 valence electrons. The minimum absolute atomic E-state index is 0.293. The number of aryl methyl sites for hydroxylation is 1. The summed E-state index contributed by atoms with van der Waals surface area (Å²) in [6.45, 7) is 5.22. The molecule has 1 aromatic heterocycles. The van der Waals surface area contributed by atoms with Crippen LogP contribution in [0, 0.1) is 12.3 Å². The minimum Gasteiger partial charge on any atom is -0.398 e. The molecule has 2 aromatic rings. The lowest BCUT2D eigenvalue weighted by atomic mass is 9.76. The molecule has 1 aromatic carbocycles. The van der Waals surface area contributed by atoms with Gasteiger partial charge in [0.15, 0.2) is 5.82 Å². The van der Waals surface area contributed by atoms with Crippen LogP contribution in [0.15, 0.2) is 18.2 Å². The first-order valence-electron chi connectivity index (χ1n) is 7.71. The van der Waals surface area contributed by atoms with Gasteiger partial charge in [-0.05, 0) is 47.2 Å². The monoisotopic (exact) mass is 285 g/mol. The number of para-hydroxylation sites is 1. The molecule has 0 aliphatic heterocycles. The summed E-state index contributed by atoms with van der Waals surface area (Å²) in [5, 5.41) is 12.3. The molecule has 0 atom stereocenters. The van der Waals surface area contributed by atoms with Crippen molar-refractivity contribution in [1.82, 2.24) is 20.2 Å². The molecule has 0 saturated heterocycles. The number of rotatable bonds is 3. The number of tetrazole rings is 1. The molecule has 1 aliphatic rings. The number of nitrogens with two attached hydrogens (primary N) is 1. The third-order valence-electron chi connectivity index (χ3n) is 4.69. The van der Waals surface area contributed by atoms with Crippen LogP contribution in [0.25, 0.3) is 11.4 Å². The highest BCUT2D eigenvalue weighted by Gasteiger charge is 2.29. The Hall–Kier alpha value is -1.91. The number of nitrogen functional groups attached to an aromatic ring is 1. The van der Waals surface area contributed by atoms with Crippen LogP contribution < -0.4 is 5.73 Å². The fraction of sp³-hybridized carbons (Fsp3) is 0.562. The van der Waals surface area contributed by atoms with Crippen LogP contribution >= 0.6 is 0 Å². The zero-order valence-electron chi connectivity index (χ0n) is 12.8. The number of hydrogen-bond donors (Lipinski definition) is 1. The first-order chi connectivity index (χ1) is 10.1. The Morgan fingerprint density at radius 3 is 2.76 bits per heavy atom. The highest BCUT2D eigenvalue weighted by atomic mass is 15.5. The maximum atomic E-state index is 6.20. The van der Waals surface area contributed by atoms with E-state index in [1.54, 1.807) is 0 Å². The Balaban J connectivity index is 1.92. The SMILES string of the molecule is Cc1cccc(-c2nnnn2CC2(C)CCCCC2)c1N. The van der Waals surface area contributed by atoms with Crippen molar-refractivity contribution in [2.75, 3.05) is 5.73 Å². The van der Waals surface area contributed by atoms with E-state index in [0.29, 0.717) is 5.41 Å². The Kier molecular flexibility index (Phi) is 3.66. The molecule has 1 saturated carbocycles. The normalized spacial score (nSPS) is 17.8. The molecule has 3 rings (SSSR count). The van der Waals surface area contributed by atoms with Crippen LogP contribution in [0.3, 0.4) is 0 Å². The Bertz CT molecular complexity index is 625. The molecule has 1 heterocycles. The highest BCUT2D eigenvalue weighted by molar-refractivity contribution is 5.73. The van der Waals surface area contributed by atoms with Crippen LogP contribution in [-0.2, 0) is 6.54 Å². The van der Waals surface area contributed by atoms with Gasteiger partial charge in [0.25, 0.3) is 0 Å². The molecular weight excluding hydrogens is 262 g/mol. The van der Waals surface area contributed by atoms with Gasteiger partial charge >= 0.3 is 0 Å². The van der Waals surface area contributed by atoms with Gasteiger partial charge in [-0.3, -0.25) is 0 Å². The van der Waals surface area contributed by atoms with Gasteiger partial charge in [-0.25, -0.2) is 4.68 Å².